The SMILES string of the molecule is CN=C(NCCCNc1ccccc1)NCCc1nc(C)c(C)s1. The summed E-state index contributed by atoms with van der Waals surface area (Å²) in [5.74, 6) is 0.847. The maximum absolute atomic E-state index is 4.56. The molecule has 0 aliphatic heterocycles. The number of rotatable bonds is 8. The van der Waals surface area contributed by atoms with Crippen LogP contribution in [0, 0.1) is 13.8 Å². The summed E-state index contributed by atoms with van der Waals surface area (Å²) in [6.45, 7) is 6.84. The van der Waals surface area contributed by atoms with Crippen LogP contribution in [-0.2, 0) is 6.42 Å². The first-order valence-corrected chi connectivity index (χ1v) is 9.17. The van der Waals surface area contributed by atoms with Crippen molar-refractivity contribution in [3.05, 3.63) is 45.9 Å². The molecule has 0 aliphatic rings. The van der Waals surface area contributed by atoms with Crippen LogP contribution in [0.25, 0.3) is 0 Å². The molecule has 0 amide bonds. The summed E-state index contributed by atoms with van der Waals surface area (Å²) in [6.07, 6.45) is 1.95. The molecular weight excluding hydrogens is 318 g/mol. The summed E-state index contributed by atoms with van der Waals surface area (Å²) in [7, 11) is 1.80. The first-order chi connectivity index (χ1) is 11.7. The maximum atomic E-state index is 4.56. The third kappa shape index (κ3) is 6.20. The molecule has 1 aromatic heterocycles. The van der Waals surface area contributed by atoms with Gasteiger partial charge in [0.15, 0.2) is 5.96 Å². The van der Waals surface area contributed by atoms with Crippen LogP contribution in [0.15, 0.2) is 35.3 Å². The Balaban J connectivity index is 1.58. The standard InChI is InChI=1S/C18H27N5S/c1-14-15(2)24-17(23-14)10-13-22-18(19-3)21-12-7-11-20-16-8-5-4-6-9-16/h4-6,8-9,20H,7,10-13H2,1-3H3,(H2,19,21,22). The van der Waals surface area contributed by atoms with Gasteiger partial charge < -0.3 is 16.0 Å². The van der Waals surface area contributed by atoms with E-state index in [9.17, 15) is 0 Å². The molecule has 0 spiro atoms. The molecule has 0 bridgehead atoms. The van der Waals surface area contributed by atoms with Crippen LogP contribution in [0.1, 0.15) is 22.0 Å². The Morgan fingerprint density at radius 2 is 1.83 bits per heavy atom. The fraction of sp³-hybridized carbons (Fsp3) is 0.444. The van der Waals surface area contributed by atoms with E-state index in [0.717, 1.165) is 49.8 Å². The molecular formula is C18H27N5S. The molecule has 0 fully saturated rings. The fourth-order valence-corrected chi connectivity index (χ4v) is 3.17. The number of aliphatic imine (C=N–C) groups is 1. The molecule has 2 rings (SSSR count). The van der Waals surface area contributed by atoms with Crippen molar-refractivity contribution in [1.82, 2.24) is 15.6 Å². The summed E-state index contributed by atoms with van der Waals surface area (Å²) in [5, 5.41) is 11.3. The largest absolute Gasteiger partial charge is 0.385 e. The number of anilines is 1. The van der Waals surface area contributed by atoms with E-state index in [2.05, 4.69) is 51.9 Å². The molecule has 0 saturated carbocycles. The summed E-state index contributed by atoms with van der Waals surface area (Å²) >= 11 is 1.78. The Labute approximate surface area is 148 Å². The highest BCUT2D eigenvalue weighted by molar-refractivity contribution is 7.11. The molecule has 5 nitrogen and oxygen atoms in total. The van der Waals surface area contributed by atoms with Gasteiger partial charge in [0.2, 0.25) is 0 Å². The Morgan fingerprint density at radius 1 is 1.08 bits per heavy atom. The van der Waals surface area contributed by atoms with E-state index in [1.807, 2.05) is 18.2 Å². The first-order valence-electron chi connectivity index (χ1n) is 8.35. The molecule has 0 saturated heterocycles. The predicted molar refractivity (Wildman–Crippen MR) is 104 cm³/mol. The zero-order chi connectivity index (χ0) is 17.2. The van der Waals surface area contributed by atoms with Crippen molar-refractivity contribution in [3.8, 4) is 0 Å². The Bertz CT molecular complexity index is 617. The number of hydrogen-bond acceptors (Lipinski definition) is 4. The minimum absolute atomic E-state index is 0.842. The van der Waals surface area contributed by atoms with Crippen molar-refractivity contribution in [2.75, 3.05) is 32.0 Å². The quantitative estimate of drug-likeness (QED) is 0.391. The van der Waals surface area contributed by atoms with E-state index in [4.69, 9.17) is 0 Å². The number of hydrogen-bond donors (Lipinski definition) is 3. The third-order valence-electron chi connectivity index (χ3n) is 3.68. The summed E-state index contributed by atoms with van der Waals surface area (Å²) < 4.78 is 0. The zero-order valence-corrected chi connectivity index (χ0v) is 15.5. The van der Waals surface area contributed by atoms with Crippen molar-refractivity contribution < 1.29 is 0 Å². The summed E-state index contributed by atoms with van der Waals surface area (Å²) in [4.78, 5) is 10.1. The molecule has 3 N–H and O–H groups in total. The maximum Gasteiger partial charge on any atom is 0.190 e. The van der Waals surface area contributed by atoms with Crippen LogP contribution in [0.3, 0.4) is 0 Å². The second-order valence-corrected chi connectivity index (χ2v) is 6.86. The molecule has 2 aromatic rings. The number of aryl methyl sites for hydroxylation is 2. The topological polar surface area (TPSA) is 61.3 Å². The number of aromatic nitrogens is 1. The van der Waals surface area contributed by atoms with Crippen LogP contribution >= 0.6 is 11.3 Å². The normalized spacial score (nSPS) is 11.4. The number of nitrogens with one attached hydrogen (secondary N) is 3. The third-order valence-corrected chi connectivity index (χ3v) is 4.81. The van der Waals surface area contributed by atoms with E-state index >= 15 is 0 Å². The van der Waals surface area contributed by atoms with Gasteiger partial charge in [-0.2, -0.15) is 0 Å². The van der Waals surface area contributed by atoms with Gasteiger partial charge in [0.05, 0.1) is 10.7 Å². The summed E-state index contributed by atoms with van der Waals surface area (Å²) in [5.41, 5.74) is 2.30. The molecule has 24 heavy (non-hydrogen) atoms. The van der Waals surface area contributed by atoms with Gasteiger partial charge in [0.1, 0.15) is 0 Å². The molecule has 0 unspecified atom stereocenters. The van der Waals surface area contributed by atoms with Crippen LogP contribution in [0.5, 0.6) is 0 Å². The predicted octanol–water partition coefficient (Wildman–Crippen LogP) is 2.97. The minimum atomic E-state index is 0.842. The summed E-state index contributed by atoms with van der Waals surface area (Å²) in [6, 6.07) is 10.3. The lowest BCUT2D eigenvalue weighted by molar-refractivity contribution is 0.756. The number of para-hydroxylation sites is 1. The second kappa shape index (κ2) is 9.93. The van der Waals surface area contributed by atoms with Gasteiger partial charge in [-0.3, -0.25) is 4.99 Å². The van der Waals surface area contributed by atoms with E-state index < -0.39 is 0 Å². The van der Waals surface area contributed by atoms with Crippen molar-refractivity contribution in [2.24, 2.45) is 4.99 Å². The van der Waals surface area contributed by atoms with Crippen LogP contribution in [-0.4, -0.2) is 37.6 Å². The monoisotopic (exact) mass is 345 g/mol. The second-order valence-electron chi connectivity index (χ2n) is 5.57. The lowest BCUT2D eigenvalue weighted by Crippen LogP contribution is -2.39. The number of thiazole rings is 1. The highest BCUT2D eigenvalue weighted by atomic mass is 32.1. The number of benzene rings is 1. The fourth-order valence-electron chi connectivity index (χ4n) is 2.24. The van der Waals surface area contributed by atoms with Gasteiger partial charge in [-0.15, -0.1) is 11.3 Å². The van der Waals surface area contributed by atoms with Crippen molar-refractivity contribution in [2.45, 2.75) is 26.7 Å². The van der Waals surface area contributed by atoms with Gasteiger partial charge in [-0.1, -0.05) is 18.2 Å². The van der Waals surface area contributed by atoms with Gasteiger partial charge in [-0.05, 0) is 32.4 Å². The van der Waals surface area contributed by atoms with Gasteiger partial charge >= 0.3 is 0 Å². The zero-order valence-electron chi connectivity index (χ0n) is 14.7. The lowest BCUT2D eigenvalue weighted by atomic mass is 10.3. The van der Waals surface area contributed by atoms with Crippen molar-refractivity contribution >= 4 is 23.0 Å². The molecule has 1 heterocycles. The average molecular weight is 346 g/mol. The van der Waals surface area contributed by atoms with E-state index in [-0.39, 0.29) is 0 Å². The number of nitrogens with zero attached hydrogens (tertiary/aromatic N) is 2. The smallest absolute Gasteiger partial charge is 0.190 e. The highest BCUT2D eigenvalue weighted by Gasteiger charge is 2.04. The molecule has 1 aromatic carbocycles. The molecule has 0 radical (unpaired) electrons. The van der Waals surface area contributed by atoms with Crippen molar-refractivity contribution in [3.63, 3.8) is 0 Å². The molecule has 6 heteroatoms. The van der Waals surface area contributed by atoms with Gasteiger partial charge in [-0.25, -0.2) is 4.98 Å². The lowest BCUT2D eigenvalue weighted by Gasteiger charge is -2.12. The van der Waals surface area contributed by atoms with Crippen LogP contribution < -0.4 is 16.0 Å². The van der Waals surface area contributed by atoms with E-state index in [1.165, 1.54) is 9.88 Å². The number of guanidine groups is 1. The average Bonchev–Trinajstić information content (AvgIpc) is 2.92. The van der Waals surface area contributed by atoms with Crippen LogP contribution in [0.4, 0.5) is 5.69 Å². The van der Waals surface area contributed by atoms with Gasteiger partial charge in [0.25, 0.3) is 0 Å². The van der Waals surface area contributed by atoms with E-state index in [1.54, 1.807) is 18.4 Å². The van der Waals surface area contributed by atoms with E-state index in [0.29, 0.717) is 0 Å². The van der Waals surface area contributed by atoms with Crippen LogP contribution in [0.2, 0.25) is 0 Å². The van der Waals surface area contributed by atoms with Crippen molar-refractivity contribution in [1.29, 1.82) is 0 Å². The minimum Gasteiger partial charge on any atom is -0.385 e. The molecule has 130 valence electrons. The highest BCUT2D eigenvalue weighted by Crippen LogP contribution is 2.16. The Morgan fingerprint density at radius 3 is 2.50 bits per heavy atom. The Kier molecular flexibility index (Phi) is 7.55. The Hall–Kier alpha value is -2.08. The molecule has 0 aliphatic carbocycles. The first kappa shape index (κ1) is 18.3. The van der Waals surface area contributed by atoms with Gasteiger partial charge in [0, 0.05) is 43.7 Å². The molecule has 0 atom stereocenters.